The van der Waals surface area contributed by atoms with E-state index in [0.717, 1.165) is 38.2 Å². The fourth-order valence-electron chi connectivity index (χ4n) is 3.63. The maximum absolute atomic E-state index is 13.4. The Balaban J connectivity index is 1.83. The SMILES string of the molecule is CCOc1ccc(C(=O)N(Cc2ccccc2)CC2CCOCC2)cc1OCC. The molecule has 1 heterocycles. The molecule has 0 saturated carbocycles. The molecule has 5 nitrogen and oxygen atoms in total. The smallest absolute Gasteiger partial charge is 0.254 e. The van der Waals surface area contributed by atoms with Crippen LogP contribution in [0.5, 0.6) is 11.5 Å². The third kappa shape index (κ3) is 5.97. The number of benzene rings is 2. The molecule has 1 aliphatic heterocycles. The van der Waals surface area contributed by atoms with Crippen LogP contribution in [0.4, 0.5) is 0 Å². The van der Waals surface area contributed by atoms with E-state index in [0.29, 0.717) is 42.7 Å². The van der Waals surface area contributed by atoms with Crippen molar-refractivity contribution in [3.8, 4) is 11.5 Å². The van der Waals surface area contributed by atoms with Crippen LogP contribution in [0.15, 0.2) is 48.5 Å². The Bertz CT molecular complexity index is 772. The van der Waals surface area contributed by atoms with Gasteiger partial charge in [0.15, 0.2) is 11.5 Å². The second kappa shape index (κ2) is 10.9. The lowest BCUT2D eigenvalue weighted by Gasteiger charge is -2.30. The summed E-state index contributed by atoms with van der Waals surface area (Å²) in [5, 5.41) is 0. The van der Waals surface area contributed by atoms with Crippen LogP contribution < -0.4 is 9.47 Å². The first-order chi connectivity index (χ1) is 14.2. The number of hydrogen-bond acceptors (Lipinski definition) is 4. The fourth-order valence-corrected chi connectivity index (χ4v) is 3.63. The minimum absolute atomic E-state index is 0.0179. The van der Waals surface area contributed by atoms with Crippen molar-refractivity contribution in [2.24, 2.45) is 5.92 Å². The molecule has 1 saturated heterocycles. The van der Waals surface area contributed by atoms with Gasteiger partial charge in [0.25, 0.3) is 5.91 Å². The van der Waals surface area contributed by atoms with Crippen LogP contribution in [-0.2, 0) is 11.3 Å². The van der Waals surface area contributed by atoms with Crippen molar-refractivity contribution in [1.82, 2.24) is 4.90 Å². The van der Waals surface area contributed by atoms with E-state index in [4.69, 9.17) is 14.2 Å². The van der Waals surface area contributed by atoms with E-state index in [1.165, 1.54) is 0 Å². The Kier molecular flexibility index (Phi) is 7.94. The summed E-state index contributed by atoms with van der Waals surface area (Å²) >= 11 is 0. The zero-order valence-corrected chi connectivity index (χ0v) is 17.4. The van der Waals surface area contributed by atoms with E-state index < -0.39 is 0 Å². The Hall–Kier alpha value is -2.53. The molecule has 0 aromatic heterocycles. The van der Waals surface area contributed by atoms with Crippen LogP contribution >= 0.6 is 0 Å². The average Bonchev–Trinajstić information content (AvgIpc) is 2.76. The van der Waals surface area contributed by atoms with Crippen LogP contribution in [0.25, 0.3) is 0 Å². The standard InChI is InChI=1S/C24H31NO4/c1-3-28-22-11-10-21(16-23(22)29-4-2)24(26)25(17-19-8-6-5-7-9-19)18-20-12-14-27-15-13-20/h5-11,16,20H,3-4,12-15,17-18H2,1-2H3. The van der Waals surface area contributed by atoms with Crippen molar-refractivity contribution in [3.63, 3.8) is 0 Å². The molecule has 29 heavy (non-hydrogen) atoms. The van der Waals surface area contributed by atoms with Crippen LogP contribution in [0, 0.1) is 5.92 Å². The molecule has 3 rings (SSSR count). The Morgan fingerprint density at radius 1 is 1.00 bits per heavy atom. The van der Waals surface area contributed by atoms with Crippen molar-refractivity contribution >= 4 is 5.91 Å². The molecule has 0 bridgehead atoms. The molecule has 0 aliphatic carbocycles. The van der Waals surface area contributed by atoms with Crippen molar-refractivity contribution < 1.29 is 19.0 Å². The topological polar surface area (TPSA) is 48.0 Å². The van der Waals surface area contributed by atoms with Gasteiger partial charge < -0.3 is 19.1 Å². The molecule has 0 spiro atoms. The van der Waals surface area contributed by atoms with Crippen molar-refractivity contribution in [1.29, 1.82) is 0 Å². The Morgan fingerprint density at radius 3 is 2.38 bits per heavy atom. The summed E-state index contributed by atoms with van der Waals surface area (Å²) in [5.41, 5.74) is 1.75. The predicted octanol–water partition coefficient (Wildman–Crippen LogP) is 4.55. The number of hydrogen-bond donors (Lipinski definition) is 0. The lowest BCUT2D eigenvalue weighted by atomic mass is 9.99. The summed E-state index contributed by atoms with van der Waals surface area (Å²) in [7, 11) is 0. The maximum atomic E-state index is 13.4. The van der Waals surface area contributed by atoms with E-state index in [-0.39, 0.29) is 5.91 Å². The highest BCUT2D eigenvalue weighted by atomic mass is 16.5. The third-order valence-electron chi connectivity index (χ3n) is 5.11. The summed E-state index contributed by atoms with van der Waals surface area (Å²) in [4.78, 5) is 15.4. The molecular formula is C24H31NO4. The van der Waals surface area contributed by atoms with Crippen LogP contribution in [0.2, 0.25) is 0 Å². The Labute approximate surface area is 173 Å². The number of amides is 1. The van der Waals surface area contributed by atoms with E-state index in [9.17, 15) is 4.79 Å². The largest absolute Gasteiger partial charge is 0.490 e. The van der Waals surface area contributed by atoms with Gasteiger partial charge in [-0.15, -0.1) is 0 Å². The first kappa shape index (κ1) is 21.2. The molecule has 1 amide bonds. The molecule has 0 unspecified atom stereocenters. The van der Waals surface area contributed by atoms with Gasteiger partial charge in [-0.1, -0.05) is 30.3 Å². The number of nitrogens with zero attached hydrogens (tertiary/aromatic N) is 1. The van der Waals surface area contributed by atoms with Crippen molar-refractivity contribution in [2.45, 2.75) is 33.2 Å². The normalized spacial score (nSPS) is 14.4. The number of carbonyl (C=O) groups excluding carboxylic acids is 1. The first-order valence-electron chi connectivity index (χ1n) is 10.5. The number of ether oxygens (including phenoxy) is 3. The summed E-state index contributed by atoms with van der Waals surface area (Å²) in [5.74, 6) is 1.77. The minimum Gasteiger partial charge on any atom is -0.490 e. The zero-order valence-electron chi connectivity index (χ0n) is 17.4. The number of rotatable bonds is 9. The molecule has 5 heteroatoms. The van der Waals surface area contributed by atoms with Gasteiger partial charge in [-0.05, 0) is 56.4 Å². The van der Waals surface area contributed by atoms with Crippen LogP contribution in [-0.4, -0.2) is 43.8 Å². The molecule has 0 radical (unpaired) electrons. The second-order valence-corrected chi connectivity index (χ2v) is 7.25. The Morgan fingerprint density at radius 2 is 1.69 bits per heavy atom. The molecule has 2 aromatic rings. The van der Waals surface area contributed by atoms with Gasteiger partial charge in [-0.3, -0.25) is 4.79 Å². The van der Waals surface area contributed by atoms with Gasteiger partial charge in [0.2, 0.25) is 0 Å². The van der Waals surface area contributed by atoms with Gasteiger partial charge in [0.1, 0.15) is 0 Å². The second-order valence-electron chi connectivity index (χ2n) is 7.25. The van der Waals surface area contributed by atoms with E-state index in [2.05, 4.69) is 12.1 Å². The summed E-state index contributed by atoms with van der Waals surface area (Å²) in [6.45, 7) is 7.81. The van der Waals surface area contributed by atoms with Gasteiger partial charge >= 0.3 is 0 Å². The van der Waals surface area contributed by atoms with Crippen LogP contribution in [0.3, 0.4) is 0 Å². The average molecular weight is 398 g/mol. The third-order valence-corrected chi connectivity index (χ3v) is 5.11. The summed E-state index contributed by atoms with van der Waals surface area (Å²) in [6, 6.07) is 15.6. The van der Waals surface area contributed by atoms with E-state index in [1.54, 1.807) is 6.07 Å². The number of carbonyl (C=O) groups is 1. The highest BCUT2D eigenvalue weighted by Gasteiger charge is 2.23. The highest BCUT2D eigenvalue weighted by molar-refractivity contribution is 5.95. The zero-order chi connectivity index (χ0) is 20.5. The molecule has 156 valence electrons. The maximum Gasteiger partial charge on any atom is 0.254 e. The quantitative estimate of drug-likeness (QED) is 0.623. The van der Waals surface area contributed by atoms with Crippen molar-refractivity contribution in [3.05, 3.63) is 59.7 Å². The van der Waals surface area contributed by atoms with E-state index >= 15 is 0 Å². The van der Waals surface area contributed by atoms with Gasteiger partial charge in [0.05, 0.1) is 13.2 Å². The fraction of sp³-hybridized carbons (Fsp3) is 0.458. The molecule has 1 aliphatic rings. The molecule has 1 fully saturated rings. The minimum atomic E-state index is 0.0179. The molecular weight excluding hydrogens is 366 g/mol. The first-order valence-corrected chi connectivity index (χ1v) is 10.5. The van der Waals surface area contributed by atoms with Crippen molar-refractivity contribution in [2.75, 3.05) is 33.0 Å². The summed E-state index contributed by atoms with van der Waals surface area (Å²) in [6.07, 6.45) is 1.98. The molecule has 2 aromatic carbocycles. The molecule has 0 N–H and O–H groups in total. The highest BCUT2D eigenvalue weighted by Crippen LogP contribution is 2.29. The van der Waals surface area contributed by atoms with Gasteiger partial charge in [-0.2, -0.15) is 0 Å². The predicted molar refractivity (Wildman–Crippen MR) is 114 cm³/mol. The lowest BCUT2D eigenvalue weighted by molar-refractivity contribution is 0.0445. The van der Waals surface area contributed by atoms with E-state index in [1.807, 2.05) is 49.1 Å². The lowest BCUT2D eigenvalue weighted by Crippen LogP contribution is -2.36. The summed E-state index contributed by atoms with van der Waals surface area (Å²) < 4.78 is 16.8. The van der Waals surface area contributed by atoms with Gasteiger partial charge in [0, 0.05) is 31.9 Å². The molecule has 0 atom stereocenters. The van der Waals surface area contributed by atoms with Gasteiger partial charge in [-0.25, -0.2) is 0 Å². The monoisotopic (exact) mass is 397 g/mol. The van der Waals surface area contributed by atoms with Crippen LogP contribution in [0.1, 0.15) is 42.6 Å².